The predicted octanol–water partition coefficient (Wildman–Crippen LogP) is 3.72. The lowest BCUT2D eigenvalue weighted by atomic mass is 10.2. The molecule has 3 aromatic rings. The van der Waals surface area contributed by atoms with E-state index in [1.54, 1.807) is 24.3 Å². The predicted molar refractivity (Wildman–Crippen MR) is 73.1 cm³/mol. The number of aromatic nitrogens is 1. The molecule has 0 bridgehead atoms. The number of benzene rings is 2. The summed E-state index contributed by atoms with van der Waals surface area (Å²) in [4.78, 5) is 0. The minimum Gasteiger partial charge on any atom is -0.508 e. The van der Waals surface area contributed by atoms with E-state index in [0.29, 0.717) is 26.8 Å². The van der Waals surface area contributed by atoms with Crippen LogP contribution in [0.2, 0.25) is 10.0 Å². The van der Waals surface area contributed by atoms with Crippen molar-refractivity contribution in [3.63, 3.8) is 0 Å². The summed E-state index contributed by atoms with van der Waals surface area (Å²) in [5, 5.41) is 18.4. The molecular weight excluding hydrogens is 287 g/mol. The van der Waals surface area contributed by atoms with Gasteiger partial charge in [-0.15, -0.1) is 0 Å². The highest BCUT2D eigenvalue weighted by Crippen LogP contribution is 2.28. The number of phenols is 1. The van der Waals surface area contributed by atoms with E-state index in [1.165, 1.54) is 16.7 Å². The number of phenolic OH excluding ortho intramolecular Hbond substituents is 1. The highest BCUT2D eigenvalue weighted by Gasteiger charge is 2.12. The normalized spacial score (nSPS) is 11.1. The number of rotatable bonds is 1. The molecule has 4 nitrogen and oxygen atoms in total. The lowest BCUT2D eigenvalue weighted by molar-refractivity contribution is 0.475. The molecule has 0 radical (unpaired) electrons. The lowest BCUT2D eigenvalue weighted by Crippen LogP contribution is -2.12. The molecule has 6 heteroatoms. The van der Waals surface area contributed by atoms with Crippen LogP contribution in [0.1, 0.15) is 0 Å². The minimum absolute atomic E-state index is 0.0835. The highest BCUT2D eigenvalue weighted by atomic mass is 35.5. The van der Waals surface area contributed by atoms with E-state index in [2.05, 4.69) is 0 Å². The average Bonchev–Trinajstić information content (AvgIpc) is 2.68. The van der Waals surface area contributed by atoms with Gasteiger partial charge in [-0.2, -0.15) is 0 Å². The summed E-state index contributed by atoms with van der Waals surface area (Å²) in [6, 6.07) is 9.55. The summed E-state index contributed by atoms with van der Waals surface area (Å²) in [7, 11) is 0. The van der Waals surface area contributed by atoms with Crippen LogP contribution in [-0.4, -0.2) is 9.67 Å². The van der Waals surface area contributed by atoms with E-state index in [9.17, 15) is 5.11 Å². The summed E-state index contributed by atoms with van der Waals surface area (Å²) in [5.74, 6) is 0.0835. The van der Waals surface area contributed by atoms with E-state index in [4.69, 9.17) is 33.0 Å². The number of fused-ring (bicyclic) bond motifs is 1. The Kier molecular flexibility index (Phi) is 2.77. The van der Waals surface area contributed by atoms with Gasteiger partial charge in [0.1, 0.15) is 5.75 Å². The molecule has 96 valence electrons. The minimum atomic E-state index is -0.0928. The van der Waals surface area contributed by atoms with E-state index in [1.807, 2.05) is 0 Å². The first-order chi connectivity index (χ1) is 9.06. The number of hydrogen-bond acceptors (Lipinski definition) is 3. The Hall–Kier alpha value is -1.91. The van der Waals surface area contributed by atoms with Crippen molar-refractivity contribution in [2.75, 3.05) is 0 Å². The van der Waals surface area contributed by atoms with Gasteiger partial charge in [0.05, 0.1) is 16.2 Å². The van der Waals surface area contributed by atoms with E-state index in [-0.39, 0.29) is 11.4 Å². The van der Waals surface area contributed by atoms with Gasteiger partial charge in [-0.05, 0) is 30.3 Å². The largest absolute Gasteiger partial charge is 0.508 e. The van der Waals surface area contributed by atoms with Crippen molar-refractivity contribution in [2.24, 2.45) is 0 Å². The Balaban J connectivity index is 2.42. The van der Waals surface area contributed by atoms with Gasteiger partial charge < -0.3 is 9.52 Å². The molecule has 0 saturated carbocycles. The quantitative estimate of drug-likeness (QED) is 0.718. The third-order valence-corrected chi connectivity index (χ3v) is 3.30. The molecule has 2 N–H and O–H groups in total. The molecule has 0 aliphatic rings. The third kappa shape index (κ3) is 1.99. The number of nitrogens with one attached hydrogen (secondary N) is 1. The van der Waals surface area contributed by atoms with Crippen molar-refractivity contribution in [3.05, 3.63) is 52.1 Å². The Bertz CT molecular complexity index is 836. The van der Waals surface area contributed by atoms with Gasteiger partial charge in [0, 0.05) is 11.1 Å². The maximum atomic E-state index is 9.56. The Morgan fingerprint density at radius 2 is 1.89 bits per heavy atom. The molecule has 0 amide bonds. The summed E-state index contributed by atoms with van der Waals surface area (Å²) < 4.78 is 6.81. The molecule has 19 heavy (non-hydrogen) atoms. The van der Waals surface area contributed by atoms with Crippen molar-refractivity contribution in [2.45, 2.75) is 0 Å². The fraction of sp³-hybridized carbons (Fsp3) is 0. The number of hydrogen-bond donors (Lipinski definition) is 2. The SMILES string of the molecule is N=c1oc2ccc(O)cc2n1-c1cc(Cl)ccc1Cl. The Morgan fingerprint density at radius 3 is 2.68 bits per heavy atom. The van der Waals surface area contributed by atoms with Crippen molar-refractivity contribution in [1.82, 2.24) is 4.57 Å². The van der Waals surface area contributed by atoms with Gasteiger partial charge in [0.2, 0.25) is 0 Å². The zero-order valence-corrected chi connectivity index (χ0v) is 11.0. The van der Waals surface area contributed by atoms with Gasteiger partial charge in [0.15, 0.2) is 5.58 Å². The number of aromatic hydroxyl groups is 1. The fourth-order valence-electron chi connectivity index (χ4n) is 1.92. The topological polar surface area (TPSA) is 62.1 Å². The first-order valence-corrected chi connectivity index (χ1v) is 6.16. The van der Waals surface area contributed by atoms with Crippen LogP contribution < -0.4 is 5.68 Å². The van der Waals surface area contributed by atoms with E-state index >= 15 is 0 Å². The van der Waals surface area contributed by atoms with Crippen LogP contribution in [0, 0.1) is 5.41 Å². The average molecular weight is 295 g/mol. The van der Waals surface area contributed by atoms with Crippen LogP contribution in [-0.2, 0) is 0 Å². The van der Waals surface area contributed by atoms with Crippen LogP contribution in [0.15, 0.2) is 40.8 Å². The van der Waals surface area contributed by atoms with Crippen LogP contribution in [0.25, 0.3) is 16.8 Å². The van der Waals surface area contributed by atoms with Gasteiger partial charge in [-0.3, -0.25) is 9.98 Å². The molecule has 0 saturated heterocycles. The molecule has 0 spiro atoms. The summed E-state index contributed by atoms with van der Waals surface area (Å²) in [5.41, 5.74) is 1.47. The summed E-state index contributed by atoms with van der Waals surface area (Å²) >= 11 is 12.1. The summed E-state index contributed by atoms with van der Waals surface area (Å²) in [6.07, 6.45) is 0. The lowest BCUT2D eigenvalue weighted by Gasteiger charge is -2.06. The van der Waals surface area contributed by atoms with Gasteiger partial charge in [-0.25, -0.2) is 0 Å². The maximum Gasteiger partial charge on any atom is 0.299 e. The third-order valence-electron chi connectivity index (χ3n) is 2.74. The van der Waals surface area contributed by atoms with Crippen molar-refractivity contribution in [1.29, 1.82) is 5.41 Å². The zero-order chi connectivity index (χ0) is 13.6. The number of nitrogens with zero attached hydrogens (tertiary/aromatic N) is 1. The molecule has 1 aromatic heterocycles. The Morgan fingerprint density at radius 1 is 1.11 bits per heavy atom. The molecule has 0 fully saturated rings. The maximum absolute atomic E-state index is 9.56. The first-order valence-electron chi connectivity index (χ1n) is 5.41. The smallest absolute Gasteiger partial charge is 0.299 e. The zero-order valence-electron chi connectivity index (χ0n) is 9.52. The van der Waals surface area contributed by atoms with Crippen molar-refractivity contribution < 1.29 is 9.52 Å². The second-order valence-electron chi connectivity index (χ2n) is 3.99. The van der Waals surface area contributed by atoms with Crippen LogP contribution in [0.5, 0.6) is 5.75 Å². The monoisotopic (exact) mass is 294 g/mol. The molecule has 0 aliphatic heterocycles. The highest BCUT2D eigenvalue weighted by molar-refractivity contribution is 6.34. The van der Waals surface area contributed by atoms with Crippen molar-refractivity contribution in [3.8, 4) is 11.4 Å². The van der Waals surface area contributed by atoms with E-state index < -0.39 is 0 Å². The molecule has 0 unspecified atom stereocenters. The Labute approximate surface area is 117 Å². The standard InChI is InChI=1S/C13H8Cl2N2O2/c14-7-1-3-9(15)10(5-7)17-11-6-8(18)2-4-12(11)19-13(17)16/h1-6,16,18H. The van der Waals surface area contributed by atoms with Crippen LogP contribution in [0.4, 0.5) is 0 Å². The molecule has 2 aromatic carbocycles. The number of oxazole rings is 1. The van der Waals surface area contributed by atoms with Crippen LogP contribution in [0.3, 0.4) is 0 Å². The second-order valence-corrected chi connectivity index (χ2v) is 4.83. The van der Waals surface area contributed by atoms with Gasteiger partial charge in [0.25, 0.3) is 5.68 Å². The first kappa shape index (κ1) is 12.1. The second kappa shape index (κ2) is 4.33. The molecule has 1 heterocycles. The van der Waals surface area contributed by atoms with Gasteiger partial charge >= 0.3 is 0 Å². The van der Waals surface area contributed by atoms with Gasteiger partial charge in [-0.1, -0.05) is 23.2 Å². The molecule has 0 atom stereocenters. The molecule has 0 aliphatic carbocycles. The molecule has 3 rings (SSSR count). The summed E-state index contributed by atoms with van der Waals surface area (Å²) in [6.45, 7) is 0. The fourth-order valence-corrected chi connectivity index (χ4v) is 2.29. The molecular formula is C13H8Cl2N2O2. The van der Waals surface area contributed by atoms with Crippen molar-refractivity contribution >= 4 is 34.3 Å². The van der Waals surface area contributed by atoms with E-state index in [0.717, 1.165) is 0 Å². The number of halogens is 2. The van der Waals surface area contributed by atoms with Crippen LogP contribution >= 0.6 is 23.2 Å².